The maximum absolute atomic E-state index is 5.75. The van der Waals surface area contributed by atoms with E-state index < -0.39 is 0 Å². The first kappa shape index (κ1) is 14.3. The van der Waals surface area contributed by atoms with Crippen molar-refractivity contribution >= 4 is 0 Å². The van der Waals surface area contributed by atoms with Gasteiger partial charge >= 0.3 is 0 Å². The second kappa shape index (κ2) is 7.46. The molecule has 0 aliphatic carbocycles. The van der Waals surface area contributed by atoms with E-state index in [2.05, 4.69) is 29.0 Å². The highest BCUT2D eigenvalue weighted by molar-refractivity contribution is 5.33. The van der Waals surface area contributed by atoms with E-state index in [1.165, 1.54) is 5.56 Å². The fraction of sp³-hybridized carbons (Fsp3) is 0.235. The molecule has 0 unspecified atom stereocenters. The first-order chi connectivity index (χ1) is 9.75. The van der Waals surface area contributed by atoms with Crippen LogP contribution in [0.3, 0.4) is 0 Å². The summed E-state index contributed by atoms with van der Waals surface area (Å²) in [5, 5.41) is 3.40. The highest BCUT2D eigenvalue weighted by atomic mass is 16.5. The number of nitrogens with one attached hydrogen (secondary N) is 1. The molecule has 0 saturated heterocycles. The van der Waals surface area contributed by atoms with Crippen LogP contribution in [-0.2, 0) is 13.1 Å². The summed E-state index contributed by atoms with van der Waals surface area (Å²) in [6, 6.07) is 12.1. The zero-order valence-corrected chi connectivity index (χ0v) is 11.8. The number of aromatic nitrogens is 1. The largest absolute Gasteiger partial charge is 0.489 e. The Hall–Kier alpha value is -2.13. The molecule has 1 N–H and O–H groups in total. The molecule has 2 rings (SSSR count). The Morgan fingerprint density at radius 1 is 1.20 bits per heavy atom. The molecule has 1 aromatic carbocycles. The van der Waals surface area contributed by atoms with Gasteiger partial charge in [-0.3, -0.25) is 4.98 Å². The van der Waals surface area contributed by atoms with Gasteiger partial charge in [-0.1, -0.05) is 30.8 Å². The van der Waals surface area contributed by atoms with E-state index in [1.54, 1.807) is 6.20 Å². The zero-order chi connectivity index (χ0) is 14.2. The molecule has 0 aliphatic heterocycles. The average Bonchev–Trinajstić information content (AvgIpc) is 2.47. The second-order valence-corrected chi connectivity index (χ2v) is 4.82. The highest BCUT2D eigenvalue weighted by Gasteiger charge is 2.02. The molecule has 20 heavy (non-hydrogen) atoms. The summed E-state index contributed by atoms with van der Waals surface area (Å²) in [7, 11) is 0. The van der Waals surface area contributed by atoms with E-state index >= 15 is 0 Å². The number of rotatable bonds is 7. The summed E-state index contributed by atoms with van der Waals surface area (Å²) in [6.45, 7) is 7.93. The van der Waals surface area contributed by atoms with Crippen molar-refractivity contribution < 1.29 is 4.74 Å². The predicted octanol–water partition coefficient (Wildman–Crippen LogP) is 3.33. The van der Waals surface area contributed by atoms with E-state index in [-0.39, 0.29) is 0 Å². The number of hydrogen-bond acceptors (Lipinski definition) is 3. The third-order valence-electron chi connectivity index (χ3n) is 2.81. The highest BCUT2D eigenvalue weighted by Crippen LogP contribution is 2.18. The smallest absolute Gasteiger partial charge is 0.124 e. The van der Waals surface area contributed by atoms with Crippen molar-refractivity contribution in [2.45, 2.75) is 20.0 Å². The summed E-state index contributed by atoms with van der Waals surface area (Å²) in [5.74, 6) is 0.911. The Morgan fingerprint density at radius 2 is 2.05 bits per heavy atom. The van der Waals surface area contributed by atoms with Gasteiger partial charge in [0, 0.05) is 31.0 Å². The van der Waals surface area contributed by atoms with Gasteiger partial charge in [-0.25, -0.2) is 0 Å². The van der Waals surface area contributed by atoms with Gasteiger partial charge < -0.3 is 10.1 Å². The Balaban J connectivity index is 1.90. The number of nitrogens with zero attached hydrogens (tertiary/aromatic N) is 1. The molecule has 0 radical (unpaired) electrons. The van der Waals surface area contributed by atoms with Crippen LogP contribution in [0.4, 0.5) is 0 Å². The first-order valence-corrected chi connectivity index (χ1v) is 6.70. The molecule has 0 saturated carbocycles. The predicted molar refractivity (Wildman–Crippen MR) is 81.5 cm³/mol. The van der Waals surface area contributed by atoms with E-state index in [0.717, 1.165) is 30.0 Å². The number of benzene rings is 1. The normalized spacial score (nSPS) is 10.2. The van der Waals surface area contributed by atoms with Crippen LogP contribution in [-0.4, -0.2) is 11.6 Å². The Kier molecular flexibility index (Phi) is 5.33. The third-order valence-corrected chi connectivity index (χ3v) is 2.81. The van der Waals surface area contributed by atoms with Crippen LogP contribution in [0.15, 0.2) is 60.9 Å². The van der Waals surface area contributed by atoms with Gasteiger partial charge in [-0.05, 0) is 30.2 Å². The van der Waals surface area contributed by atoms with Crippen LogP contribution < -0.4 is 10.1 Å². The first-order valence-electron chi connectivity index (χ1n) is 6.70. The number of hydrogen-bond donors (Lipinski definition) is 1. The third kappa shape index (κ3) is 4.52. The Morgan fingerprint density at radius 3 is 2.80 bits per heavy atom. The van der Waals surface area contributed by atoms with Gasteiger partial charge in [-0.2, -0.15) is 0 Å². The average molecular weight is 268 g/mol. The van der Waals surface area contributed by atoms with Gasteiger partial charge in [0.2, 0.25) is 0 Å². The fourth-order valence-corrected chi connectivity index (χ4v) is 1.84. The van der Waals surface area contributed by atoms with Crippen molar-refractivity contribution in [2.24, 2.45) is 0 Å². The number of pyridine rings is 1. The lowest BCUT2D eigenvalue weighted by Crippen LogP contribution is -2.14. The van der Waals surface area contributed by atoms with Gasteiger partial charge in [0.15, 0.2) is 0 Å². The van der Waals surface area contributed by atoms with Crippen molar-refractivity contribution in [1.29, 1.82) is 0 Å². The summed E-state index contributed by atoms with van der Waals surface area (Å²) in [5.41, 5.74) is 3.34. The van der Waals surface area contributed by atoms with E-state index in [9.17, 15) is 0 Å². The summed E-state index contributed by atoms with van der Waals surface area (Å²) < 4.78 is 5.75. The molecule has 0 fully saturated rings. The van der Waals surface area contributed by atoms with E-state index in [4.69, 9.17) is 4.74 Å². The fourth-order valence-electron chi connectivity index (χ4n) is 1.84. The molecule has 104 valence electrons. The van der Waals surface area contributed by atoms with Gasteiger partial charge in [0.05, 0.1) is 0 Å². The minimum Gasteiger partial charge on any atom is -0.489 e. The quantitative estimate of drug-likeness (QED) is 0.782. The van der Waals surface area contributed by atoms with Crippen LogP contribution in [0.1, 0.15) is 18.1 Å². The van der Waals surface area contributed by atoms with Crippen LogP contribution in [0.5, 0.6) is 5.75 Å². The number of ether oxygens (including phenoxy) is 1. The van der Waals surface area contributed by atoms with E-state index in [0.29, 0.717) is 6.61 Å². The monoisotopic (exact) mass is 268 g/mol. The standard InChI is InChI=1S/C17H20N2O/c1-14(2)13-20-17-8-4-3-7-16(17)12-19-11-15-6-5-9-18-10-15/h3-10,19H,1,11-13H2,2H3. The molecule has 3 nitrogen and oxygen atoms in total. The molecule has 0 amide bonds. The summed E-state index contributed by atoms with van der Waals surface area (Å²) in [4.78, 5) is 4.10. The van der Waals surface area contributed by atoms with Crippen molar-refractivity contribution in [3.05, 3.63) is 72.1 Å². The van der Waals surface area contributed by atoms with Crippen molar-refractivity contribution in [3.8, 4) is 5.75 Å². The molecule has 2 aromatic rings. The molecule has 1 heterocycles. The van der Waals surface area contributed by atoms with Crippen LogP contribution in [0.25, 0.3) is 0 Å². The SMILES string of the molecule is C=C(C)COc1ccccc1CNCc1cccnc1. The molecule has 0 bridgehead atoms. The van der Waals surface area contributed by atoms with Crippen LogP contribution >= 0.6 is 0 Å². The Bertz CT molecular complexity index is 552. The van der Waals surface area contributed by atoms with Gasteiger partial charge in [0.25, 0.3) is 0 Å². The van der Waals surface area contributed by atoms with E-state index in [1.807, 2.05) is 37.4 Å². The molecular formula is C17H20N2O. The van der Waals surface area contributed by atoms with Gasteiger partial charge in [0.1, 0.15) is 12.4 Å². The van der Waals surface area contributed by atoms with Crippen molar-refractivity contribution in [1.82, 2.24) is 10.3 Å². The molecular weight excluding hydrogens is 248 g/mol. The van der Waals surface area contributed by atoms with Crippen molar-refractivity contribution in [3.63, 3.8) is 0 Å². The minimum atomic E-state index is 0.555. The maximum atomic E-state index is 5.75. The molecule has 0 aliphatic rings. The molecule has 3 heteroatoms. The zero-order valence-electron chi connectivity index (χ0n) is 11.8. The van der Waals surface area contributed by atoms with Gasteiger partial charge in [-0.15, -0.1) is 0 Å². The summed E-state index contributed by atoms with van der Waals surface area (Å²) in [6.07, 6.45) is 3.65. The summed E-state index contributed by atoms with van der Waals surface area (Å²) >= 11 is 0. The molecule has 0 spiro atoms. The second-order valence-electron chi connectivity index (χ2n) is 4.82. The molecule has 1 aromatic heterocycles. The lowest BCUT2D eigenvalue weighted by molar-refractivity contribution is 0.347. The lowest BCUT2D eigenvalue weighted by Gasteiger charge is -2.12. The van der Waals surface area contributed by atoms with Crippen molar-refractivity contribution in [2.75, 3.05) is 6.61 Å². The topological polar surface area (TPSA) is 34.1 Å². The number of para-hydroxylation sites is 1. The molecule has 0 atom stereocenters. The Labute approximate surface area is 120 Å². The maximum Gasteiger partial charge on any atom is 0.124 e. The minimum absolute atomic E-state index is 0.555. The lowest BCUT2D eigenvalue weighted by atomic mass is 10.2. The van der Waals surface area contributed by atoms with Crippen LogP contribution in [0, 0.1) is 0 Å². The van der Waals surface area contributed by atoms with Crippen LogP contribution in [0.2, 0.25) is 0 Å².